The summed E-state index contributed by atoms with van der Waals surface area (Å²) in [6, 6.07) is 5.93. The quantitative estimate of drug-likeness (QED) is 0.474. The zero-order chi connectivity index (χ0) is 10.7. The van der Waals surface area contributed by atoms with Gasteiger partial charge in [-0.05, 0) is 6.92 Å². The Kier molecular flexibility index (Phi) is 3.32. The molecule has 5 nitrogen and oxygen atoms in total. The van der Waals surface area contributed by atoms with Crippen molar-refractivity contribution in [2.75, 3.05) is 0 Å². The van der Waals surface area contributed by atoms with Gasteiger partial charge in [0.15, 0.2) is 11.1 Å². The topological polar surface area (TPSA) is 80.4 Å². The number of hydrogen-bond acceptors (Lipinski definition) is 3. The van der Waals surface area contributed by atoms with Crippen molar-refractivity contribution in [1.29, 1.82) is 0 Å². The monoisotopic (exact) mass is 215 g/mol. The maximum Gasteiger partial charge on any atom is 0.273 e. The van der Waals surface area contributed by atoms with Gasteiger partial charge in [0.2, 0.25) is 0 Å². The second-order valence-electron chi connectivity index (χ2n) is 2.73. The molecule has 0 bridgehead atoms. The molecule has 1 rings (SSSR count). The van der Waals surface area contributed by atoms with Gasteiger partial charge in [-0.2, -0.15) is 0 Å². The number of benzene rings is 1. The van der Waals surface area contributed by atoms with Crippen LogP contribution in [-0.4, -0.2) is 13.7 Å². The number of nitro benzene ring substituents is 1. The van der Waals surface area contributed by atoms with E-state index in [2.05, 4.69) is 0 Å². The molecular weight excluding hydrogens is 206 g/mol. The summed E-state index contributed by atoms with van der Waals surface area (Å²) in [5.41, 5.74) is 0.153. The van der Waals surface area contributed by atoms with Gasteiger partial charge in [-0.25, -0.2) is 4.21 Å². The summed E-state index contributed by atoms with van der Waals surface area (Å²) in [6.45, 7) is 1.47. The van der Waals surface area contributed by atoms with Crippen LogP contribution in [0.25, 0.3) is 0 Å². The van der Waals surface area contributed by atoms with Crippen molar-refractivity contribution in [3.8, 4) is 0 Å². The molecule has 0 amide bonds. The molecular formula is C8H9NO4S. The molecule has 0 aliphatic rings. The highest BCUT2D eigenvalue weighted by atomic mass is 32.2. The maximum atomic E-state index is 10.8. The Bertz CT molecular complexity index is 379. The van der Waals surface area contributed by atoms with Crippen LogP contribution in [0.4, 0.5) is 5.69 Å². The van der Waals surface area contributed by atoms with Crippen LogP contribution in [0.15, 0.2) is 24.3 Å². The summed E-state index contributed by atoms with van der Waals surface area (Å²) < 4.78 is 19.6. The Morgan fingerprint density at radius 3 is 2.57 bits per heavy atom. The van der Waals surface area contributed by atoms with Gasteiger partial charge in [-0.15, -0.1) is 0 Å². The number of para-hydroxylation sites is 1. The lowest BCUT2D eigenvalue weighted by Gasteiger charge is -2.06. The number of nitro groups is 1. The van der Waals surface area contributed by atoms with Gasteiger partial charge in [0.05, 0.1) is 10.2 Å². The molecule has 6 heteroatoms. The fourth-order valence-corrected chi connectivity index (χ4v) is 1.52. The van der Waals surface area contributed by atoms with Gasteiger partial charge in [0.25, 0.3) is 5.69 Å². The highest BCUT2D eigenvalue weighted by Crippen LogP contribution is 2.27. The fourth-order valence-electron chi connectivity index (χ4n) is 1.11. The lowest BCUT2D eigenvalue weighted by atomic mass is 10.1. The molecule has 0 radical (unpaired) electrons. The van der Waals surface area contributed by atoms with E-state index >= 15 is 0 Å². The minimum absolute atomic E-state index is 0.123. The lowest BCUT2D eigenvalue weighted by molar-refractivity contribution is -0.385. The summed E-state index contributed by atoms with van der Waals surface area (Å²) in [5.74, 6) is 0. The zero-order valence-corrected chi connectivity index (χ0v) is 8.23. The van der Waals surface area contributed by atoms with Crippen molar-refractivity contribution < 1.29 is 13.7 Å². The van der Waals surface area contributed by atoms with Gasteiger partial charge < -0.3 is 4.55 Å². The minimum Gasteiger partial charge on any atom is -0.306 e. The SMILES string of the molecule is CC(c1ccccc1[N+](=O)[O-])S(=O)O. The molecule has 1 N–H and O–H groups in total. The lowest BCUT2D eigenvalue weighted by Crippen LogP contribution is -2.04. The average Bonchev–Trinajstić information content (AvgIpc) is 2.16. The summed E-state index contributed by atoms with van der Waals surface area (Å²) in [5, 5.41) is 9.82. The molecule has 14 heavy (non-hydrogen) atoms. The third-order valence-corrected chi connectivity index (χ3v) is 2.73. The molecule has 0 aliphatic carbocycles. The Balaban J connectivity index is 3.19. The standard InChI is InChI=1S/C8H9NO4S/c1-6(14(12)13)7-4-2-3-5-8(7)9(10)11/h2-6H,1H3,(H,12,13). The molecule has 0 heterocycles. The first kappa shape index (κ1) is 10.8. The average molecular weight is 215 g/mol. The molecule has 0 fully saturated rings. The molecule has 0 spiro atoms. The molecule has 0 aliphatic heterocycles. The van der Waals surface area contributed by atoms with E-state index in [-0.39, 0.29) is 11.3 Å². The third-order valence-electron chi connectivity index (χ3n) is 1.87. The fraction of sp³-hybridized carbons (Fsp3) is 0.250. The number of rotatable bonds is 3. The van der Waals surface area contributed by atoms with Crippen molar-refractivity contribution in [3.63, 3.8) is 0 Å². The van der Waals surface area contributed by atoms with Crippen molar-refractivity contribution in [3.05, 3.63) is 39.9 Å². The van der Waals surface area contributed by atoms with Gasteiger partial charge in [-0.3, -0.25) is 10.1 Å². The van der Waals surface area contributed by atoms with E-state index in [0.29, 0.717) is 0 Å². The summed E-state index contributed by atoms with van der Waals surface area (Å²) >= 11 is -2.09. The second-order valence-corrected chi connectivity index (χ2v) is 3.99. The highest BCUT2D eigenvalue weighted by Gasteiger charge is 2.21. The first-order valence-corrected chi connectivity index (χ1v) is 5.04. The second kappa shape index (κ2) is 4.30. The van der Waals surface area contributed by atoms with Crippen LogP contribution in [0.5, 0.6) is 0 Å². The summed E-state index contributed by atoms with van der Waals surface area (Å²) in [6.07, 6.45) is 0. The van der Waals surface area contributed by atoms with Crippen LogP contribution >= 0.6 is 0 Å². The van der Waals surface area contributed by atoms with Gasteiger partial charge in [0.1, 0.15) is 0 Å². The summed E-state index contributed by atoms with van der Waals surface area (Å²) in [4.78, 5) is 10.0. The van der Waals surface area contributed by atoms with Crippen molar-refractivity contribution >= 4 is 16.8 Å². The van der Waals surface area contributed by atoms with E-state index in [4.69, 9.17) is 4.55 Å². The number of nitrogens with zero attached hydrogens (tertiary/aromatic N) is 1. The van der Waals surface area contributed by atoms with Crippen LogP contribution in [0.3, 0.4) is 0 Å². The Morgan fingerprint density at radius 1 is 1.50 bits per heavy atom. The first-order valence-electron chi connectivity index (χ1n) is 3.87. The smallest absolute Gasteiger partial charge is 0.273 e. The molecule has 0 saturated heterocycles. The van der Waals surface area contributed by atoms with Crippen LogP contribution in [0, 0.1) is 10.1 Å². The van der Waals surface area contributed by atoms with Gasteiger partial charge >= 0.3 is 0 Å². The summed E-state index contributed by atoms with van der Waals surface area (Å²) in [7, 11) is 0. The first-order chi connectivity index (χ1) is 6.54. The normalized spacial score (nSPS) is 14.7. The van der Waals surface area contributed by atoms with E-state index in [1.54, 1.807) is 6.07 Å². The molecule has 1 aromatic carbocycles. The minimum atomic E-state index is -2.09. The maximum absolute atomic E-state index is 10.8. The molecule has 76 valence electrons. The van der Waals surface area contributed by atoms with Crippen LogP contribution in [0.1, 0.15) is 17.7 Å². The third kappa shape index (κ3) is 2.15. The molecule has 2 unspecified atom stereocenters. The number of hydrogen-bond donors (Lipinski definition) is 1. The molecule has 0 aromatic heterocycles. The van der Waals surface area contributed by atoms with Crippen molar-refractivity contribution in [2.24, 2.45) is 0 Å². The van der Waals surface area contributed by atoms with E-state index in [9.17, 15) is 14.3 Å². The van der Waals surface area contributed by atoms with E-state index in [1.807, 2.05) is 0 Å². The van der Waals surface area contributed by atoms with Crippen molar-refractivity contribution in [1.82, 2.24) is 0 Å². The molecule has 0 saturated carbocycles. The Hall–Kier alpha value is -1.27. The van der Waals surface area contributed by atoms with E-state index in [1.165, 1.54) is 25.1 Å². The Morgan fingerprint density at radius 2 is 2.07 bits per heavy atom. The van der Waals surface area contributed by atoms with E-state index in [0.717, 1.165) is 0 Å². The largest absolute Gasteiger partial charge is 0.306 e. The van der Waals surface area contributed by atoms with Crippen LogP contribution in [-0.2, 0) is 11.1 Å². The van der Waals surface area contributed by atoms with Gasteiger partial charge in [-0.1, -0.05) is 18.2 Å². The van der Waals surface area contributed by atoms with Crippen LogP contribution < -0.4 is 0 Å². The molecule has 2 atom stereocenters. The van der Waals surface area contributed by atoms with Gasteiger partial charge in [0, 0.05) is 11.6 Å². The Labute approximate surface area is 83.2 Å². The van der Waals surface area contributed by atoms with Crippen molar-refractivity contribution in [2.45, 2.75) is 12.2 Å². The predicted molar refractivity (Wildman–Crippen MR) is 52.3 cm³/mol. The van der Waals surface area contributed by atoms with Crippen LogP contribution in [0.2, 0.25) is 0 Å². The zero-order valence-electron chi connectivity index (χ0n) is 7.41. The van der Waals surface area contributed by atoms with E-state index < -0.39 is 21.3 Å². The predicted octanol–water partition coefficient (Wildman–Crippen LogP) is 1.88. The highest BCUT2D eigenvalue weighted by molar-refractivity contribution is 7.79. The molecule has 1 aromatic rings.